The van der Waals surface area contributed by atoms with Crippen LogP contribution in [0.15, 0.2) is 35.5 Å². The number of anilines is 2. The predicted molar refractivity (Wildman–Crippen MR) is 114 cm³/mol. The number of nitro groups is 1. The van der Waals surface area contributed by atoms with Crippen molar-refractivity contribution in [2.24, 2.45) is 5.92 Å². The number of ether oxygens (including phenoxy) is 1. The number of rotatable bonds is 8. The molecule has 1 aromatic heterocycles. The van der Waals surface area contributed by atoms with Gasteiger partial charge in [-0.3, -0.25) is 10.1 Å². The zero-order chi connectivity index (χ0) is 23.3. The number of hydrogen-bond donors (Lipinski definition) is 2. The summed E-state index contributed by atoms with van der Waals surface area (Å²) in [5, 5.41) is 23.5. The molecule has 1 amide bonds. The van der Waals surface area contributed by atoms with E-state index in [1.54, 1.807) is 0 Å². The molecule has 0 aliphatic carbocycles. The summed E-state index contributed by atoms with van der Waals surface area (Å²) >= 11 is 0. The van der Waals surface area contributed by atoms with Crippen molar-refractivity contribution in [3.63, 3.8) is 0 Å². The summed E-state index contributed by atoms with van der Waals surface area (Å²) in [5.74, 6) is 0.00236. The van der Waals surface area contributed by atoms with Crippen LogP contribution in [0.1, 0.15) is 19.3 Å². The number of hydrogen-bond acceptors (Lipinski definition) is 9. The number of piperidine rings is 1. The van der Waals surface area contributed by atoms with E-state index in [1.807, 2.05) is 0 Å². The van der Waals surface area contributed by atoms with E-state index in [4.69, 9.17) is 9.84 Å². The fraction of sp³-hybridized carbons (Fsp3) is 0.421. The lowest BCUT2D eigenvalue weighted by atomic mass is 9.94. The molecule has 1 aliphatic rings. The Hall–Kier alpha value is -3.48. The quantitative estimate of drug-likeness (QED) is 0.437. The van der Waals surface area contributed by atoms with E-state index >= 15 is 0 Å². The number of nitrogens with one attached hydrogen (secondary N) is 1. The predicted octanol–water partition coefficient (Wildman–Crippen LogP) is 2.69. The Bertz CT molecular complexity index is 1080. The first-order chi connectivity index (χ1) is 15.1. The molecule has 0 saturated carbocycles. The molecule has 1 fully saturated rings. The standard InChI is InChI=1S/C19H23N5O7S/c1-32(29,30)15-4-2-14(3-5-15)22-17-16(24(27)28)18(21-12-20-17)31-11-8-13-6-9-23(10-7-13)19(25)26/h2-5,12-13H,6-11H2,1H3,(H,25,26)(H,20,21,22). The van der Waals surface area contributed by atoms with Gasteiger partial charge in [0.15, 0.2) is 9.84 Å². The topological polar surface area (TPSA) is 165 Å². The highest BCUT2D eigenvalue weighted by molar-refractivity contribution is 7.90. The first kappa shape index (κ1) is 23.2. The minimum absolute atomic E-state index is 0.0816. The molecule has 12 nitrogen and oxygen atoms in total. The first-order valence-corrected chi connectivity index (χ1v) is 11.7. The minimum atomic E-state index is -3.36. The van der Waals surface area contributed by atoms with Crippen LogP contribution in [0.5, 0.6) is 5.88 Å². The maximum absolute atomic E-state index is 11.6. The van der Waals surface area contributed by atoms with Crippen molar-refractivity contribution in [2.75, 3.05) is 31.3 Å². The lowest BCUT2D eigenvalue weighted by Gasteiger charge is -2.29. The van der Waals surface area contributed by atoms with Crippen LogP contribution < -0.4 is 10.1 Å². The van der Waals surface area contributed by atoms with Gasteiger partial charge in [-0.05, 0) is 49.4 Å². The molecule has 172 valence electrons. The summed E-state index contributed by atoms with van der Waals surface area (Å²) in [4.78, 5) is 31.3. The van der Waals surface area contributed by atoms with Crippen molar-refractivity contribution >= 4 is 33.1 Å². The number of amides is 1. The molecule has 2 aromatic rings. The van der Waals surface area contributed by atoms with Gasteiger partial charge in [-0.15, -0.1) is 0 Å². The summed E-state index contributed by atoms with van der Waals surface area (Å²) < 4.78 is 28.7. The Balaban J connectivity index is 1.66. The van der Waals surface area contributed by atoms with Gasteiger partial charge in [-0.25, -0.2) is 18.2 Å². The van der Waals surface area contributed by atoms with Gasteiger partial charge in [0, 0.05) is 25.0 Å². The highest BCUT2D eigenvalue weighted by Gasteiger charge is 2.26. The maximum Gasteiger partial charge on any atom is 0.407 e. The number of aromatic nitrogens is 2. The second-order valence-electron chi connectivity index (χ2n) is 7.40. The van der Waals surface area contributed by atoms with E-state index in [-0.39, 0.29) is 29.1 Å². The van der Waals surface area contributed by atoms with Crippen LogP contribution in [0.2, 0.25) is 0 Å². The summed E-state index contributed by atoms with van der Waals surface area (Å²) in [6.07, 6.45) is 3.33. The summed E-state index contributed by atoms with van der Waals surface area (Å²) in [5.41, 5.74) is -0.0178. The van der Waals surface area contributed by atoms with Gasteiger partial charge in [0.25, 0.3) is 5.88 Å². The Morgan fingerprint density at radius 1 is 1.28 bits per heavy atom. The van der Waals surface area contributed by atoms with E-state index in [1.165, 1.54) is 29.2 Å². The third-order valence-corrected chi connectivity index (χ3v) is 6.29. The average molecular weight is 465 g/mol. The van der Waals surface area contributed by atoms with Crippen LogP contribution >= 0.6 is 0 Å². The summed E-state index contributed by atoms with van der Waals surface area (Å²) in [7, 11) is -3.36. The Labute approximate surface area is 184 Å². The van der Waals surface area contributed by atoms with Gasteiger partial charge >= 0.3 is 11.8 Å². The lowest BCUT2D eigenvalue weighted by Crippen LogP contribution is -2.37. The van der Waals surface area contributed by atoms with E-state index in [0.29, 0.717) is 38.0 Å². The molecule has 0 radical (unpaired) electrons. The van der Waals surface area contributed by atoms with Crippen LogP contribution in [-0.2, 0) is 9.84 Å². The molecule has 3 rings (SSSR count). The molecule has 2 heterocycles. The van der Waals surface area contributed by atoms with Crippen molar-refractivity contribution in [1.29, 1.82) is 0 Å². The fourth-order valence-corrected chi connectivity index (χ4v) is 4.01. The second-order valence-corrected chi connectivity index (χ2v) is 9.42. The number of sulfone groups is 1. The molecule has 32 heavy (non-hydrogen) atoms. The minimum Gasteiger partial charge on any atom is -0.473 e. The second kappa shape index (κ2) is 9.77. The third-order valence-electron chi connectivity index (χ3n) is 5.17. The van der Waals surface area contributed by atoms with Gasteiger partial charge in [-0.1, -0.05) is 0 Å². The number of carboxylic acid groups (broad SMARTS) is 1. The largest absolute Gasteiger partial charge is 0.473 e. The number of benzene rings is 1. The highest BCUT2D eigenvalue weighted by Crippen LogP contribution is 2.33. The van der Waals surface area contributed by atoms with Crippen molar-refractivity contribution < 1.29 is 28.0 Å². The van der Waals surface area contributed by atoms with E-state index in [2.05, 4.69) is 15.3 Å². The monoisotopic (exact) mass is 465 g/mol. The Morgan fingerprint density at radius 2 is 1.94 bits per heavy atom. The van der Waals surface area contributed by atoms with Gasteiger partial charge < -0.3 is 20.1 Å². The molecule has 1 aliphatic heterocycles. The maximum atomic E-state index is 11.6. The van der Waals surface area contributed by atoms with Crippen LogP contribution in [0, 0.1) is 16.0 Å². The smallest absolute Gasteiger partial charge is 0.407 e. The highest BCUT2D eigenvalue weighted by atomic mass is 32.2. The number of carbonyl (C=O) groups is 1. The van der Waals surface area contributed by atoms with Crippen LogP contribution in [0.3, 0.4) is 0 Å². The molecular formula is C19H23N5O7S. The van der Waals surface area contributed by atoms with Gasteiger partial charge in [0.1, 0.15) is 6.33 Å². The Morgan fingerprint density at radius 3 is 2.50 bits per heavy atom. The van der Waals surface area contributed by atoms with Crippen molar-refractivity contribution in [3.05, 3.63) is 40.7 Å². The normalized spacial score (nSPS) is 14.7. The zero-order valence-electron chi connectivity index (χ0n) is 17.3. The first-order valence-electron chi connectivity index (χ1n) is 9.82. The lowest BCUT2D eigenvalue weighted by molar-refractivity contribution is -0.385. The van der Waals surface area contributed by atoms with E-state index in [0.717, 1.165) is 12.6 Å². The molecule has 1 saturated heterocycles. The van der Waals surface area contributed by atoms with Crippen molar-refractivity contribution in [1.82, 2.24) is 14.9 Å². The number of likely N-dealkylation sites (tertiary alicyclic amines) is 1. The van der Waals surface area contributed by atoms with Crippen molar-refractivity contribution in [2.45, 2.75) is 24.2 Å². The molecule has 0 bridgehead atoms. The summed E-state index contributed by atoms with van der Waals surface area (Å²) in [6, 6.07) is 5.73. The third kappa shape index (κ3) is 5.81. The molecule has 1 aromatic carbocycles. The van der Waals surface area contributed by atoms with Gasteiger partial charge in [0.2, 0.25) is 5.82 Å². The summed E-state index contributed by atoms with van der Waals surface area (Å²) in [6.45, 7) is 1.11. The number of nitrogens with zero attached hydrogens (tertiary/aromatic N) is 4. The molecule has 0 unspecified atom stereocenters. The molecular weight excluding hydrogens is 442 g/mol. The van der Waals surface area contributed by atoms with Crippen LogP contribution in [-0.4, -0.2) is 65.4 Å². The van der Waals surface area contributed by atoms with Gasteiger partial charge in [-0.2, -0.15) is 4.98 Å². The van der Waals surface area contributed by atoms with Crippen LogP contribution in [0.4, 0.5) is 22.0 Å². The average Bonchev–Trinajstić information content (AvgIpc) is 2.74. The van der Waals surface area contributed by atoms with E-state index < -0.39 is 26.5 Å². The molecule has 0 spiro atoms. The fourth-order valence-electron chi connectivity index (χ4n) is 3.38. The Kier molecular flexibility index (Phi) is 7.08. The van der Waals surface area contributed by atoms with Crippen molar-refractivity contribution in [3.8, 4) is 5.88 Å². The molecule has 13 heteroatoms. The van der Waals surface area contributed by atoms with E-state index in [9.17, 15) is 23.3 Å². The molecule has 0 atom stereocenters. The SMILES string of the molecule is CS(=O)(=O)c1ccc(Nc2ncnc(OCCC3CCN(C(=O)O)CC3)c2[N+](=O)[O-])cc1. The zero-order valence-corrected chi connectivity index (χ0v) is 18.1. The molecule has 2 N–H and O–H groups in total. The van der Waals surface area contributed by atoms with Crippen LogP contribution in [0.25, 0.3) is 0 Å². The van der Waals surface area contributed by atoms with Gasteiger partial charge in [0.05, 0.1) is 16.4 Å².